The molecule has 1 saturated carbocycles. The van der Waals surface area contributed by atoms with E-state index in [-0.39, 0.29) is 0 Å². The molecule has 1 aliphatic heterocycles. The van der Waals surface area contributed by atoms with Crippen LogP contribution in [0, 0.1) is 12.3 Å². The fraction of sp³-hybridized carbons (Fsp3) is 0.824. The van der Waals surface area contributed by atoms with Crippen LogP contribution in [0.25, 0.3) is 0 Å². The van der Waals surface area contributed by atoms with Crippen molar-refractivity contribution in [3.05, 3.63) is 11.3 Å². The van der Waals surface area contributed by atoms with Crippen LogP contribution in [-0.2, 0) is 13.6 Å². The Morgan fingerprint density at radius 2 is 2.00 bits per heavy atom. The van der Waals surface area contributed by atoms with Crippen molar-refractivity contribution in [1.29, 1.82) is 0 Å². The van der Waals surface area contributed by atoms with Crippen LogP contribution >= 0.6 is 0 Å². The van der Waals surface area contributed by atoms with E-state index in [1.807, 2.05) is 0 Å². The molecule has 0 amide bonds. The molecule has 1 saturated heterocycles. The number of hydrogen-bond donors (Lipinski definition) is 1. The summed E-state index contributed by atoms with van der Waals surface area (Å²) in [6.45, 7) is 10.2. The zero-order chi connectivity index (χ0) is 15.0. The van der Waals surface area contributed by atoms with E-state index in [0.717, 1.165) is 19.1 Å². The Hall–Kier alpha value is -1.03. The van der Waals surface area contributed by atoms with E-state index in [1.54, 1.807) is 0 Å². The van der Waals surface area contributed by atoms with Gasteiger partial charge in [0.05, 0.1) is 5.69 Å². The highest BCUT2D eigenvalue weighted by molar-refractivity contribution is 5.50. The predicted octanol–water partition coefficient (Wildman–Crippen LogP) is 3.00. The van der Waals surface area contributed by atoms with Gasteiger partial charge >= 0.3 is 0 Å². The first-order valence-corrected chi connectivity index (χ1v) is 8.47. The van der Waals surface area contributed by atoms with Crippen LogP contribution < -0.4 is 10.2 Å². The molecule has 0 aromatic carbocycles. The molecule has 1 N–H and O–H groups in total. The molecule has 118 valence electrons. The van der Waals surface area contributed by atoms with E-state index in [2.05, 4.69) is 47.8 Å². The molecular formula is C17H30N4. The second kappa shape index (κ2) is 5.64. The minimum Gasteiger partial charge on any atom is -0.357 e. The number of nitrogens with zero attached hydrogens (tertiary/aromatic N) is 3. The van der Waals surface area contributed by atoms with Gasteiger partial charge in [-0.25, -0.2) is 0 Å². The zero-order valence-corrected chi connectivity index (χ0v) is 14.1. The molecule has 2 heterocycles. The number of rotatable bonds is 4. The first kappa shape index (κ1) is 14.9. The van der Waals surface area contributed by atoms with E-state index >= 15 is 0 Å². The van der Waals surface area contributed by atoms with Crippen molar-refractivity contribution in [2.45, 2.75) is 65.5 Å². The lowest BCUT2D eigenvalue weighted by molar-refractivity contribution is 0.325. The van der Waals surface area contributed by atoms with Gasteiger partial charge in [-0.3, -0.25) is 4.68 Å². The van der Waals surface area contributed by atoms with Crippen LogP contribution in [0.15, 0.2) is 0 Å². The van der Waals surface area contributed by atoms with E-state index < -0.39 is 0 Å². The maximum Gasteiger partial charge on any atom is 0.131 e. The van der Waals surface area contributed by atoms with Gasteiger partial charge in [-0.1, -0.05) is 13.8 Å². The maximum absolute atomic E-state index is 4.69. The molecule has 2 aliphatic rings. The summed E-state index contributed by atoms with van der Waals surface area (Å²) in [5, 5.41) is 8.34. The third kappa shape index (κ3) is 3.42. The molecule has 2 fully saturated rings. The van der Waals surface area contributed by atoms with Gasteiger partial charge in [-0.15, -0.1) is 0 Å². The largest absolute Gasteiger partial charge is 0.357 e. The van der Waals surface area contributed by atoms with Crippen LogP contribution in [0.1, 0.15) is 57.2 Å². The number of aryl methyl sites for hydroxylation is 2. The van der Waals surface area contributed by atoms with E-state index in [4.69, 9.17) is 0 Å². The lowest BCUT2D eigenvalue weighted by atomic mass is 9.85. The highest BCUT2D eigenvalue weighted by atomic mass is 15.4. The summed E-state index contributed by atoms with van der Waals surface area (Å²) in [5.41, 5.74) is 3.07. The first-order valence-electron chi connectivity index (χ1n) is 8.47. The van der Waals surface area contributed by atoms with Crippen LogP contribution in [0.5, 0.6) is 0 Å². The van der Waals surface area contributed by atoms with Gasteiger partial charge in [0.15, 0.2) is 0 Å². The summed E-state index contributed by atoms with van der Waals surface area (Å²) in [7, 11) is 2.10. The number of aromatic nitrogens is 2. The molecular weight excluding hydrogens is 260 g/mol. The topological polar surface area (TPSA) is 33.1 Å². The van der Waals surface area contributed by atoms with Crippen molar-refractivity contribution in [3.63, 3.8) is 0 Å². The smallest absolute Gasteiger partial charge is 0.131 e. The SMILES string of the molecule is Cc1nn(C)c(N2CCCC(C)(C)CC2)c1CNC1CC1. The second-order valence-corrected chi connectivity index (χ2v) is 7.67. The molecule has 0 radical (unpaired) electrons. The first-order chi connectivity index (χ1) is 9.96. The lowest BCUT2D eigenvalue weighted by Gasteiger charge is -2.26. The molecule has 3 rings (SSSR count). The van der Waals surface area contributed by atoms with Gasteiger partial charge in [0.25, 0.3) is 0 Å². The van der Waals surface area contributed by atoms with Gasteiger partial charge in [0, 0.05) is 38.3 Å². The van der Waals surface area contributed by atoms with Crippen molar-refractivity contribution in [3.8, 4) is 0 Å². The fourth-order valence-electron chi connectivity index (χ4n) is 3.46. The number of anilines is 1. The molecule has 1 aromatic rings. The van der Waals surface area contributed by atoms with E-state index in [1.165, 1.54) is 55.7 Å². The fourth-order valence-corrected chi connectivity index (χ4v) is 3.46. The highest BCUT2D eigenvalue weighted by Gasteiger charge is 2.27. The Balaban J connectivity index is 1.79. The van der Waals surface area contributed by atoms with Crippen LogP contribution in [0.3, 0.4) is 0 Å². The standard InChI is InChI=1S/C17H30N4/c1-13-15(12-18-14-6-7-14)16(20(4)19-13)21-10-5-8-17(2,3)9-11-21/h14,18H,5-12H2,1-4H3. The summed E-state index contributed by atoms with van der Waals surface area (Å²) in [6.07, 6.45) is 6.56. The molecule has 0 unspecified atom stereocenters. The Morgan fingerprint density at radius 1 is 1.24 bits per heavy atom. The highest BCUT2D eigenvalue weighted by Crippen LogP contribution is 2.33. The van der Waals surface area contributed by atoms with Gasteiger partial charge in [-0.05, 0) is 44.4 Å². The molecule has 4 nitrogen and oxygen atoms in total. The Bertz CT molecular complexity index is 499. The Labute approximate surface area is 128 Å². The maximum atomic E-state index is 4.69. The molecule has 21 heavy (non-hydrogen) atoms. The summed E-state index contributed by atoms with van der Waals surface area (Å²) < 4.78 is 2.09. The summed E-state index contributed by atoms with van der Waals surface area (Å²) >= 11 is 0. The van der Waals surface area contributed by atoms with Crippen LogP contribution in [-0.4, -0.2) is 28.9 Å². The number of nitrogens with one attached hydrogen (secondary N) is 1. The third-order valence-electron chi connectivity index (χ3n) is 5.10. The summed E-state index contributed by atoms with van der Waals surface area (Å²) in [5.74, 6) is 1.35. The number of hydrogen-bond acceptors (Lipinski definition) is 3. The van der Waals surface area contributed by atoms with Gasteiger partial charge in [-0.2, -0.15) is 5.10 Å². The monoisotopic (exact) mass is 290 g/mol. The average Bonchev–Trinajstić information content (AvgIpc) is 3.19. The van der Waals surface area contributed by atoms with Crippen molar-refractivity contribution in [2.24, 2.45) is 12.5 Å². The zero-order valence-electron chi connectivity index (χ0n) is 14.1. The molecule has 0 atom stereocenters. The van der Waals surface area contributed by atoms with E-state index in [9.17, 15) is 0 Å². The molecule has 4 heteroatoms. The Morgan fingerprint density at radius 3 is 2.71 bits per heavy atom. The van der Waals surface area contributed by atoms with Gasteiger partial charge in [0.1, 0.15) is 5.82 Å². The molecule has 0 bridgehead atoms. The predicted molar refractivity (Wildman–Crippen MR) is 87.7 cm³/mol. The Kier molecular flexibility index (Phi) is 4.00. The average molecular weight is 290 g/mol. The molecule has 1 aromatic heterocycles. The van der Waals surface area contributed by atoms with Gasteiger partial charge in [0.2, 0.25) is 0 Å². The quantitative estimate of drug-likeness (QED) is 0.925. The summed E-state index contributed by atoms with van der Waals surface area (Å²) in [4.78, 5) is 2.57. The van der Waals surface area contributed by atoms with E-state index in [0.29, 0.717) is 5.41 Å². The van der Waals surface area contributed by atoms with Crippen molar-refractivity contribution in [2.75, 3.05) is 18.0 Å². The molecule has 0 spiro atoms. The van der Waals surface area contributed by atoms with Crippen molar-refractivity contribution >= 4 is 5.82 Å². The van der Waals surface area contributed by atoms with Crippen LogP contribution in [0.2, 0.25) is 0 Å². The van der Waals surface area contributed by atoms with Crippen LogP contribution in [0.4, 0.5) is 5.82 Å². The second-order valence-electron chi connectivity index (χ2n) is 7.67. The third-order valence-corrected chi connectivity index (χ3v) is 5.10. The van der Waals surface area contributed by atoms with Gasteiger partial charge < -0.3 is 10.2 Å². The van der Waals surface area contributed by atoms with Crippen molar-refractivity contribution < 1.29 is 0 Å². The normalized spacial score (nSPS) is 22.4. The minimum absolute atomic E-state index is 0.481. The minimum atomic E-state index is 0.481. The molecule has 1 aliphatic carbocycles. The van der Waals surface area contributed by atoms with Crippen molar-refractivity contribution in [1.82, 2.24) is 15.1 Å². The lowest BCUT2D eigenvalue weighted by Crippen LogP contribution is -2.29. The summed E-state index contributed by atoms with van der Waals surface area (Å²) in [6, 6.07) is 0.750.